The summed E-state index contributed by atoms with van der Waals surface area (Å²) >= 11 is 0. The fourth-order valence-corrected chi connectivity index (χ4v) is 1.39. The highest BCUT2D eigenvalue weighted by Crippen LogP contribution is 2.39. The van der Waals surface area contributed by atoms with Crippen molar-refractivity contribution in [3.8, 4) is 0 Å². The van der Waals surface area contributed by atoms with Crippen molar-refractivity contribution in [2.24, 2.45) is 11.1 Å². The summed E-state index contributed by atoms with van der Waals surface area (Å²) in [4.78, 5) is 10.8. The minimum Gasteiger partial charge on any atom is -0.328 e. The van der Waals surface area contributed by atoms with Crippen LogP contribution < -0.4 is 5.73 Å². The SMILES string of the molecule is CC(=O)C1(C)CC(N)C1. The molecule has 0 aromatic heterocycles. The molecule has 0 saturated heterocycles. The molecule has 0 spiro atoms. The van der Waals surface area contributed by atoms with Crippen molar-refractivity contribution in [1.29, 1.82) is 0 Å². The Morgan fingerprint density at radius 3 is 2.22 bits per heavy atom. The first-order valence-electron chi connectivity index (χ1n) is 3.31. The van der Waals surface area contributed by atoms with Gasteiger partial charge in [-0.2, -0.15) is 0 Å². The van der Waals surface area contributed by atoms with Crippen LogP contribution in [0.3, 0.4) is 0 Å². The van der Waals surface area contributed by atoms with E-state index in [2.05, 4.69) is 0 Å². The van der Waals surface area contributed by atoms with Crippen LogP contribution in [0.25, 0.3) is 0 Å². The van der Waals surface area contributed by atoms with Gasteiger partial charge in [0.1, 0.15) is 5.78 Å². The molecule has 1 rings (SSSR count). The first-order valence-corrected chi connectivity index (χ1v) is 3.31. The third kappa shape index (κ3) is 0.990. The summed E-state index contributed by atoms with van der Waals surface area (Å²) in [5.41, 5.74) is 5.47. The Labute approximate surface area is 55.4 Å². The highest BCUT2D eigenvalue weighted by atomic mass is 16.1. The molecule has 1 aliphatic rings. The molecule has 2 N–H and O–H groups in total. The summed E-state index contributed by atoms with van der Waals surface area (Å²) in [5, 5.41) is 0. The molecular weight excluding hydrogens is 114 g/mol. The van der Waals surface area contributed by atoms with Gasteiger partial charge in [0.2, 0.25) is 0 Å². The molecule has 0 radical (unpaired) electrons. The van der Waals surface area contributed by atoms with Crippen molar-refractivity contribution in [3.05, 3.63) is 0 Å². The standard InChI is InChI=1S/C7H13NO/c1-5(9)7(2)3-6(8)4-7/h6H,3-4,8H2,1-2H3. The van der Waals surface area contributed by atoms with Gasteiger partial charge in [0.15, 0.2) is 0 Å². The van der Waals surface area contributed by atoms with Crippen molar-refractivity contribution in [2.45, 2.75) is 32.7 Å². The van der Waals surface area contributed by atoms with Gasteiger partial charge in [0.05, 0.1) is 0 Å². The van der Waals surface area contributed by atoms with E-state index in [4.69, 9.17) is 5.73 Å². The van der Waals surface area contributed by atoms with Crippen LogP contribution >= 0.6 is 0 Å². The molecule has 0 unspecified atom stereocenters. The van der Waals surface area contributed by atoms with Crippen molar-refractivity contribution >= 4 is 5.78 Å². The summed E-state index contributed by atoms with van der Waals surface area (Å²) in [6.07, 6.45) is 1.75. The molecule has 0 heterocycles. The summed E-state index contributed by atoms with van der Waals surface area (Å²) in [6.45, 7) is 3.63. The van der Waals surface area contributed by atoms with Gasteiger partial charge in [0.25, 0.3) is 0 Å². The van der Waals surface area contributed by atoms with E-state index < -0.39 is 0 Å². The average molecular weight is 127 g/mol. The van der Waals surface area contributed by atoms with E-state index in [0.717, 1.165) is 12.8 Å². The van der Waals surface area contributed by atoms with Gasteiger partial charge in [-0.25, -0.2) is 0 Å². The van der Waals surface area contributed by atoms with Gasteiger partial charge in [-0.15, -0.1) is 0 Å². The van der Waals surface area contributed by atoms with E-state index in [1.165, 1.54) is 0 Å². The first-order chi connectivity index (χ1) is 4.04. The predicted octanol–water partition coefficient (Wildman–Crippen LogP) is 0.703. The average Bonchev–Trinajstić information content (AvgIpc) is 1.62. The second-order valence-corrected chi connectivity index (χ2v) is 3.29. The third-order valence-corrected chi connectivity index (χ3v) is 2.28. The number of hydrogen-bond donors (Lipinski definition) is 1. The van der Waals surface area contributed by atoms with E-state index in [1.54, 1.807) is 6.92 Å². The second-order valence-electron chi connectivity index (χ2n) is 3.29. The van der Waals surface area contributed by atoms with Crippen molar-refractivity contribution in [3.63, 3.8) is 0 Å². The van der Waals surface area contributed by atoms with Crippen LogP contribution in [-0.2, 0) is 4.79 Å². The van der Waals surface area contributed by atoms with Gasteiger partial charge in [0, 0.05) is 11.5 Å². The van der Waals surface area contributed by atoms with Crippen LogP contribution in [0.4, 0.5) is 0 Å². The van der Waals surface area contributed by atoms with Crippen LogP contribution in [0.15, 0.2) is 0 Å². The van der Waals surface area contributed by atoms with Crippen LogP contribution in [-0.4, -0.2) is 11.8 Å². The topological polar surface area (TPSA) is 43.1 Å². The highest BCUT2D eigenvalue weighted by Gasteiger charge is 2.41. The number of carbonyl (C=O) groups is 1. The van der Waals surface area contributed by atoms with Crippen LogP contribution in [0.2, 0.25) is 0 Å². The number of Topliss-reactive ketones (excluding diaryl/α,β-unsaturated/α-hetero) is 1. The molecule has 0 aromatic carbocycles. The lowest BCUT2D eigenvalue weighted by Gasteiger charge is -2.41. The predicted molar refractivity (Wildman–Crippen MR) is 36.0 cm³/mol. The maximum Gasteiger partial charge on any atom is 0.135 e. The zero-order valence-corrected chi connectivity index (χ0v) is 5.98. The summed E-state index contributed by atoms with van der Waals surface area (Å²) in [6, 6.07) is 0.277. The summed E-state index contributed by atoms with van der Waals surface area (Å²) in [5.74, 6) is 0.282. The first kappa shape index (κ1) is 6.75. The van der Waals surface area contributed by atoms with E-state index >= 15 is 0 Å². The van der Waals surface area contributed by atoms with E-state index in [9.17, 15) is 4.79 Å². The van der Waals surface area contributed by atoms with Crippen LogP contribution in [0.5, 0.6) is 0 Å². The zero-order valence-electron chi connectivity index (χ0n) is 5.98. The molecule has 1 aliphatic carbocycles. The molecule has 2 heteroatoms. The highest BCUT2D eigenvalue weighted by molar-refractivity contribution is 5.83. The second kappa shape index (κ2) is 1.81. The fraction of sp³-hybridized carbons (Fsp3) is 0.857. The largest absolute Gasteiger partial charge is 0.328 e. The number of carbonyl (C=O) groups excluding carboxylic acids is 1. The van der Waals surface area contributed by atoms with E-state index in [-0.39, 0.29) is 17.2 Å². The Morgan fingerprint density at radius 2 is 2.11 bits per heavy atom. The maximum absolute atomic E-state index is 10.8. The normalized spacial score (nSPS) is 41.9. The van der Waals surface area contributed by atoms with Crippen LogP contribution in [0, 0.1) is 5.41 Å². The van der Waals surface area contributed by atoms with Gasteiger partial charge in [-0.05, 0) is 19.8 Å². The molecule has 52 valence electrons. The van der Waals surface area contributed by atoms with Gasteiger partial charge >= 0.3 is 0 Å². The summed E-state index contributed by atoms with van der Waals surface area (Å²) in [7, 11) is 0. The number of rotatable bonds is 1. The molecule has 0 atom stereocenters. The van der Waals surface area contributed by atoms with E-state index in [0.29, 0.717) is 0 Å². The van der Waals surface area contributed by atoms with Crippen LogP contribution in [0.1, 0.15) is 26.7 Å². The Bertz CT molecular complexity index is 136. The molecule has 1 saturated carbocycles. The Kier molecular flexibility index (Phi) is 1.35. The molecular formula is C7H13NO. The lowest BCUT2D eigenvalue weighted by atomic mass is 9.65. The van der Waals surface area contributed by atoms with Crippen molar-refractivity contribution < 1.29 is 4.79 Å². The zero-order chi connectivity index (χ0) is 7.07. The summed E-state index contributed by atoms with van der Waals surface area (Å²) < 4.78 is 0. The lowest BCUT2D eigenvalue weighted by Crippen LogP contribution is -2.48. The molecule has 0 amide bonds. The maximum atomic E-state index is 10.8. The lowest BCUT2D eigenvalue weighted by molar-refractivity contribution is -0.130. The quantitative estimate of drug-likeness (QED) is 0.563. The molecule has 0 aliphatic heterocycles. The van der Waals surface area contributed by atoms with Crippen molar-refractivity contribution in [2.75, 3.05) is 0 Å². The number of hydrogen-bond acceptors (Lipinski definition) is 2. The molecule has 9 heavy (non-hydrogen) atoms. The monoisotopic (exact) mass is 127 g/mol. The number of nitrogens with two attached hydrogens (primary N) is 1. The molecule has 2 nitrogen and oxygen atoms in total. The number of ketones is 1. The molecule has 1 fully saturated rings. The fourth-order valence-electron chi connectivity index (χ4n) is 1.39. The van der Waals surface area contributed by atoms with Gasteiger partial charge in [-0.3, -0.25) is 4.79 Å². The van der Waals surface area contributed by atoms with Crippen molar-refractivity contribution in [1.82, 2.24) is 0 Å². The smallest absolute Gasteiger partial charge is 0.135 e. The third-order valence-electron chi connectivity index (χ3n) is 2.28. The minimum absolute atomic E-state index is 0.0700. The minimum atomic E-state index is -0.0700. The Balaban J connectivity index is 2.50. The Hall–Kier alpha value is -0.370. The Morgan fingerprint density at radius 1 is 1.67 bits per heavy atom. The van der Waals surface area contributed by atoms with E-state index in [1.807, 2.05) is 6.92 Å². The molecule has 0 aromatic rings. The molecule has 0 bridgehead atoms. The van der Waals surface area contributed by atoms with Gasteiger partial charge < -0.3 is 5.73 Å². The van der Waals surface area contributed by atoms with Gasteiger partial charge in [-0.1, -0.05) is 6.92 Å².